The van der Waals surface area contributed by atoms with Gasteiger partial charge in [0.25, 0.3) is 5.56 Å². The minimum absolute atomic E-state index is 0.0241. The minimum Gasteiger partial charge on any atom is -0.507 e. The molecule has 0 radical (unpaired) electrons. The molecule has 1 aromatic rings. The van der Waals surface area contributed by atoms with Gasteiger partial charge < -0.3 is 19.6 Å². The van der Waals surface area contributed by atoms with Crippen molar-refractivity contribution in [3.8, 4) is 5.75 Å². The Bertz CT molecular complexity index is 743. The van der Waals surface area contributed by atoms with Gasteiger partial charge in [-0.2, -0.15) is 9.59 Å². The number of carbonyl (C=O) groups excluding carboxylic acids is 5. The number of aromatic nitrogens is 1. The number of carbonyl (C=O) groups is 3. The number of H-pyrrole nitrogens is 1. The summed E-state index contributed by atoms with van der Waals surface area (Å²) < 4.78 is 9.39. The summed E-state index contributed by atoms with van der Waals surface area (Å²) in [7, 11) is 0. The summed E-state index contributed by atoms with van der Waals surface area (Å²) in [5, 5.41) is 9.45. The first-order chi connectivity index (χ1) is 13.6. The van der Waals surface area contributed by atoms with Gasteiger partial charge in [0.15, 0.2) is 0 Å². The summed E-state index contributed by atoms with van der Waals surface area (Å²) in [6.07, 6.45) is 2.63. The number of esters is 2. The molecule has 0 aliphatic rings. The lowest BCUT2D eigenvalue weighted by Crippen LogP contribution is -2.22. The fraction of sp³-hybridized carbons (Fsp3) is 0.526. The van der Waals surface area contributed by atoms with Crippen LogP contribution in [-0.2, 0) is 28.7 Å². The van der Waals surface area contributed by atoms with E-state index in [-0.39, 0.29) is 35.4 Å². The number of pyridine rings is 1. The number of Topliss-reactive ketones (excluding diaryl/α,β-unsaturated/α-hetero) is 1. The molecule has 1 atom stereocenters. The first kappa shape index (κ1) is 28.0. The van der Waals surface area contributed by atoms with Crippen molar-refractivity contribution < 1.29 is 38.6 Å². The number of nitrogens with one attached hydrogen (secondary N) is 1. The summed E-state index contributed by atoms with van der Waals surface area (Å²) in [5.74, 6) is -2.01. The molecule has 0 aliphatic carbocycles. The van der Waals surface area contributed by atoms with Gasteiger partial charge in [0, 0.05) is 12.6 Å². The smallest absolute Gasteiger partial charge is 0.373 e. The molecule has 1 heterocycles. The Hall–Kier alpha value is -3.26. The van der Waals surface area contributed by atoms with Crippen molar-refractivity contribution in [2.45, 2.75) is 47.5 Å². The van der Waals surface area contributed by atoms with E-state index in [9.17, 15) is 24.3 Å². The van der Waals surface area contributed by atoms with Crippen LogP contribution in [-0.4, -0.2) is 47.2 Å². The monoisotopic (exact) mass is 413 g/mol. The summed E-state index contributed by atoms with van der Waals surface area (Å²) in [5.41, 5.74) is -0.338. The first-order valence-corrected chi connectivity index (χ1v) is 8.89. The molecular formula is C19H27NO9. The number of aromatic amines is 1. The lowest BCUT2D eigenvalue weighted by molar-refractivity contribution is -0.191. The zero-order valence-electron chi connectivity index (χ0n) is 17.2. The second-order valence-corrected chi connectivity index (χ2v) is 5.50. The van der Waals surface area contributed by atoms with Gasteiger partial charge in [-0.1, -0.05) is 6.92 Å². The lowest BCUT2D eigenvalue weighted by atomic mass is 10.0. The molecular weight excluding hydrogens is 386 g/mol. The second-order valence-electron chi connectivity index (χ2n) is 5.50. The van der Waals surface area contributed by atoms with E-state index in [1.807, 2.05) is 6.92 Å². The molecule has 0 fully saturated rings. The third kappa shape index (κ3) is 10.6. The Morgan fingerprint density at radius 3 is 2.10 bits per heavy atom. The highest BCUT2D eigenvalue weighted by Crippen LogP contribution is 2.18. The average molecular weight is 413 g/mol. The predicted octanol–water partition coefficient (Wildman–Crippen LogP) is 1.54. The van der Waals surface area contributed by atoms with Crippen LogP contribution in [0.1, 0.15) is 56.5 Å². The molecule has 1 aromatic heterocycles. The number of hydrogen-bond donors (Lipinski definition) is 2. The Morgan fingerprint density at radius 1 is 1.14 bits per heavy atom. The number of hydrogen-bond acceptors (Lipinski definition) is 9. The van der Waals surface area contributed by atoms with Crippen molar-refractivity contribution in [1.29, 1.82) is 0 Å². The normalized spacial score (nSPS) is 10.1. The molecule has 0 amide bonds. The van der Waals surface area contributed by atoms with Crippen LogP contribution in [0.4, 0.5) is 0 Å². The van der Waals surface area contributed by atoms with Crippen LogP contribution in [0.2, 0.25) is 0 Å². The molecule has 162 valence electrons. The van der Waals surface area contributed by atoms with E-state index in [0.29, 0.717) is 13.0 Å². The van der Waals surface area contributed by atoms with E-state index in [2.05, 4.69) is 9.72 Å². The molecule has 0 saturated heterocycles. The first-order valence-electron chi connectivity index (χ1n) is 8.89. The standard InChI is InChI=1S/C9H11NO4.C9H16O3.CO2/c1-3-14-9(13)6-4-10-8(12)5(2)7(6)11;1-4-6-8(10)7(3)9(11)12-5-2;2-1-3/h4H,3H2,1-2H3,(H2,10,11,12);7H,4-6H2,1-3H3;. The molecule has 10 nitrogen and oxygen atoms in total. The molecule has 0 spiro atoms. The molecule has 0 aromatic carbocycles. The highest BCUT2D eigenvalue weighted by Gasteiger charge is 2.21. The van der Waals surface area contributed by atoms with Gasteiger partial charge in [0.05, 0.1) is 18.8 Å². The van der Waals surface area contributed by atoms with Gasteiger partial charge in [0.1, 0.15) is 23.0 Å². The van der Waals surface area contributed by atoms with E-state index >= 15 is 0 Å². The molecule has 0 saturated carbocycles. The molecule has 1 unspecified atom stereocenters. The highest BCUT2D eigenvalue weighted by atomic mass is 16.5. The number of ether oxygens (including phenoxy) is 2. The summed E-state index contributed by atoms with van der Waals surface area (Å²) in [6.45, 7) is 8.88. The quantitative estimate of drug-likeness (QED) is 0.499. The maximum absolute atomic E-state index is 11.2. The molecule has 1 rings (SSSR count). The van der Waals surface area contributed by atoms with E-state index in [1.54, 1.807) is 20.8 Å². The van der Waals surface area contributed by atoms with Crippen molar-refractivity contribution in [2.24, 2.45) is 5.92 Å². The van der Waals surface area contributed by atoms with E-state index < -0.39 is 23.4 Å². The van der Waals surface area contributed by atoms with Crippen LogP contribution in [0, 0.1) is 12.8 Å². The summed E-state index contributed by atoms with van der Waals surface area (Å²) in [4.78, 5) is 63.0. The zero-order chi connectivity index (χ0) is 23.0. The zero-order valence-corrected chi connectivity index (χ0v) is 17.2. The van der Waals surface area contributed by atoms with Crippen molar-refractivity contribution in [1.82, 2.24) is 4.98 Å². The Labute approximate surface area is 168 Å². The maximum Gasteiger partial charge on any atom is 0.373 e. The van der Waals surface area contributed by atoms with Gasteiger partial charge in [-0.05, 0) is 34.1 Å². The maximum atomic E-state index is 11.2. The van der Waals surface area contributed by atoms with Crippen molar-refractivity contribution >= 4 is 23.9 Å². The second kappa shape index (κ2) is 15.8. The summed E-state index contributed by atoms with van der Waals surface area (Å²) in [6, 6.07) is 0. The number of ketones is 1. The van der Waals surface area contributed by atoms with E-state index in [4.69, 9.17) is 14.3 Å². The van der Waals surface area contributed by atoms with Gasteiger partial charge in [-0.3, -0.25) is 14.4 Å². The fourth-order valence-corrected chi connectivity index (χ4v) is 1.85. The third-order valence-corrected chi connectivity index (χ3v) is 3.41. The Balaban J connectivity index is 0. The summed E-state index contributed by atoms with van der Waals surface area (Å²) >= 11 is 0. The van der Waals surface area contributed by atoms with Crippen LogP contribution < -0.4 is 5.56 Å². The largest absolute Gasteiger partial charge is 0.507 e. The molecule has 10 heteroatoms. The molecule has 29 heavy (non-hydrogen) atoms. The SMILES string of the molecule is CCCC(=O)C(C)C(=O)OCC.CCOC(=O)c1c[nH]c(=O)c(C)c1O.O=C=O. The van der Waals surface area contributed by atoms with E-state index in [0.717, 1.165) is 12.6 Å². The Morgan fingerprint density at radius 2 is 1.66 bits per heavy atom. The molecule has 0 bridgehead atoms. The van der Waals surface area contributed by atoms with Gasteiger partial charge in [-0.25, -0.2) is 4.79 Å². The predicted molar refractivity (Wildman–Crippen MR) is 100 cm³/mol. The Kier molecular flexibility index (Phi) is 15.2. The van der Waals surface area contributed by atoms with Crippen LogP contribution in [0.5, 0.6) is 5.75 Å². The average Bonchev–Trinajstić information content (AvgIpc) is 2.67. The number of aromatic hydroxyl groups is 1. The van der Waals surface area contributed by atoms with Crippen molar-refractivity contribution in [3.05, 3.63) is 27.7 Å². The van der Waals surface area contributed by atoms with E-state index in [1.165, 1.54) is 6.92 Å². The van der Waals surface area contributed by atoms with Crippen molar-refractivity contribution in [3.63, 3.8) is 0 Å². The van der Waals surface area contributed by atoms with Crippen LogP contribution in [0.25, 0.3) is 0 Å². The fourth-order valence-electron chi connectivity index (χ4n) is 1.85. The lowest BCUT2D eigenvalue weighted by Gasteiger charge is -2.07. The highest BCUT2D eigenvalue weighted by molar-refractivity contribution is 5.98. The molecule has 2 N–H and O–H groups in total. The van der Waals surface area contributed by atoms with Gasteiger partial charge in [-0.15, -0.1) is 0 Å². The van der Waals surface area contributed by atoms with Crippen molar-refractivity contribution in [2.75, 3.05) is 13.2 Å². The third-order valence-electron chi connectivity index (χ3n) is 3.41. The topological polar surface area (TPSA) is 157 Å². The number of rotatable bonds is 7. The van der Waals surface area contributed by atoms with Gasteiger partial charge >= 0.3 is 18.1 Å². The minimum atomic E-state index is -0.649. The van der Waals surface area contributed by atoms with Gasteiger partial charge in [0.2, 0.25) is 0 Å². The molecule has 0 aliphatic heterocycles. The van der Waals surface area contributed by atoms with Crippen LogP contribution >= 0.6 is 0 Å². The van der Waals surface area contributed by atoms with Crippen LogP contribution in [0.15, 0.2) is 11.0 Å². The van der Waals surface area contributed by atoms with Crippen LogP contribution in [0.3, 0.4) is 0 Å².